The number of pyridine rings is 3. The molecule has 38 heteroatoms. The zero-order valence-electron chi connectivity index (χ0n) is 64.2. The van der Waals surface area contributed by atoms with Gasteiger partial charge in [0.1, 0.15) is 62.8 Å². The third kappa shape index (κ3) is 20.3. The van der Waals surface area contributed by atoms with Gasteiger partial charge in [-0.2, -0.15) is 27.1 Å². The number of fused-ring (bicyclic) bond motifs is 3. The summed E-state index contributed by atoms with van der Waals surface area (Å²) in [6, 6.07) is 51.9. The minimum Gasteiger partial charge on any atom is -0.495 e. The highest BCUT2D eigenvalue weighted by Gasteiger charge is 2.32. The summed E-state index contributed by atoms with van der Waals surface area (Å²) in [4.78, 5) is 61.7. The van der Waals surface area contributed by atoms with Gasteiger partial charge in [-0.15, -0.1) is 0 Å². The zero-order chi connectivity index (χ0) is 87.9. The number of sulfone groups is 2. The fraction of sp³-hybridized carbons (Fsp3) is 0.0690. The van der Waals surface area contributed by atoms with Crippen LogP contribution < -0.4 is 40.8 Å². The summed E-state index contributed by atoms with van der Waals surface area (Å²) in [6.45, 7) is 0. The summed E-state index contributed by atoms with van der Waals surface area (Å²) in [7, 11) is -8.40. The molecule has 1 atom stereocenters. The number of halogens is 11. The summed E-state index contributed by atoms with van der Waals surface area (Å²) in [6.07, 6.45) is 9.12. The van der Waals surface area contributed by atoms with Crippen molar-refractivity contribution in [2.24, 2.45) is 0 Å². The normalized spacial score (nSPS) is 11.2. The van der Waals surface area contributed by atoms with Gasteiger partial charge < -0.3 is 24.1 Å². The third-order valence-corrected chi connectivity index (χ3v) is 23.7. The van der Waals surface area contributed by atoms with E-state index in [1.165, 1.54) is 152 Å². The minimum absolute atomic E-state index is 0. The Bertz CT molecular complexity index is 7110. The summed E-state index contributed by atoms with van der Waals surface area (Å²) in [5, 5.41) is 1.81. The monoisotopic (exact) mass is 1840 g/mol. The molecule has 0 fully saturated rings. The smallest absolute Gasteiger partial charge is 0.339 e. The first-order valence-corrected chi connectivity index (χ1v) is 41.5. The Morgan fingerprint density at radius 3 is 0.952 bits per heavy atom. The van der Waals surface area contributed by atoms with Crippen LogP contribution >= 0.6 is 44.7 Å². The number of hydrogen-bond donors (Lipinski definition) is 1. The van der Waals surface area contributed by atoms with Gasteiger partial charge in [-0.05, 0) is 180 Å². The van der Waals surface area contributed by atoms with Crippen LogP contribution in [0, 0.1) is 46.5 Å². The highest BCUT2D eigenvalue weighted by Crippen LogP contribution is 2.42. The van der Waals surface area contributed by atoms with E-state index in [1.54, 1.807) is 109 Å². The van der Waals surface area contributed by atoms with Crippen molar-refractivity contribution in [3.8, 4) is 73.4 Å². The highest BCUT2D eigenvalue weighted by molar-refractivity contribution is 7.91. The lowest BCUT2D eigenvalue weighted by molar-refractivity contribution is 0.346. The van der Waals surface area contributed by atoms with Crippen molar-refractivity contribution in [3.05, 3.63) is 360 Å². The summed E-state index contributed by atoms with van der Waals surface area (Å²) in [5.41, 5.74) is 8.67. The molecule has 0 saturated heterocycles. The molecule has 16 rings (SSSR count). The number of rotatable bonds is 18. The van der Waals surface area contributed by atoms with Crippen LogP contribution in [0.25, 0.3) is 83.2 Å². The van der Waals surface area contributed by atoms with Gasteiger partial charge in [0, 0.05) is 88.2 Å². The molecule has 125 heavy (non-hydrogen) atoms. The van der Waals surface area contributed by atoms with Gasteiger partial charge in [-0.1, -0.05) is 78.6 Å². The first-order valence-electron chi connectivity index (χ1n) is 35.6. The Balaban J connectivity index is 0.000000174. The molecule has 0 radical (unpaired) electrons. The number of ether oxygens (including phenoxy) is 3. The molecular formula is C87H64Cl3F8N10O13PS3. The average molecular weight is 1840 g/mol. The maximum Gasteiger partial charge on any atom is 0.339 e. The van der Waals surface area contributed by atoms with Gasteiger partial charge in [0.05, 0.1) is 79.8 Å². The van der Waals surface area contributed by atoms with Crippen LogP contribution in [-0.4, -0.2) is 90.2 Å². The zero-order valence-corrected chi connectivity index (χ0v) is 70.3. The summed E-state index contributed by atoms with van der Waals surface area (Å²) in [5.74, 6) is -14.8. The molecule has 6 heterocycles. The molecule has 2 N–H and O–H groups in total. The minimum atomic E-state index is -5.14. The van der Waals surface area contributed by atoms with Crippen molar-refractivity contribution in [2.75, 3.05) is 27.1 Å². The van der Waals surface area contributed by atoms with Gasteiger partial charge in [-0.25, -0.2) is 73.1 Å². The molecule has 0 aliphatic rings. The van der Waals surface area contributed by atoms with Crippen LogP contribution in [0.5, 0.6) is 23.0 Å². The number of methoxy groups -OCH3 is 3. The molecule has 0 aliphatic carbocycles. The topological polar surface area (TPSA) is 309 Å². The molecule has 0 amide bonds. The number of anilines is 1. The van der Waals surface area contributed by atoms with Crippen LogP contribution in [0.2, 0.25) is 15.1 Å². The van der Waals surface area contributed by atoms with Crippen LogP contribution in [0.3, 0.4) is 0 Å². The van der Waals surface area contributed by atoms with Crippen molar-refractivity contribution in [1.29, 1.82) is 0 Å². The lowest BCUT2D eigenvalue weighted by Gasteiger charge is -2.17. The van der Waals surface area contributed by atoms with Crippen LogP contribution in [0.15, 0.2) is 285 Å². The molecule has 0 spiro atoms. The second-order valence-corrected chi connectivity index (χ2v) is 32.9. The van der Waals surface area contributed by atoms with E-state index < -0.39 is 92.5 Å². The van der Waals surface area contributed by atoms with Crippen molar-refractivity contribution in [2.45, 2.75) is 33.6 Å². The number of benzene rings is 10. The molecule has 16 aromatic rings. The molecule has 1 unspecified atom stereocenters. The highest BCUT2D eigenvalue weighted by atomic mass is 35.5. The van der Waals surface area contributed by atoms with E-state index >= 15 is 0 Å². The van der Waals surface area contributed by atoms with Crippen molar-refractivity contribution < 1.29 is 78.8 Å². The number of nitrogen functional groups attached to an aromatic ring is 1. The van der Waals surface area contributed by atoms with Gasteiger partial charge in [0.2, 0.25) is 40.8 Å². The van der Waals surface area contributed by atoms with E-state index in [0.717, 1.165) is 28.8 Å². The fourth-order valence-electron chi connectivity index (χ4n) is 12.7. The average Bonchev–Trinajstić information content (AvgIpc) is 0.763. The Kier molecular flexibility index (Phi) is 28.8. The van der Waals surface area contributed by atoms with Gasteiger partial charge >= 0.3 is 10.1 Å². The molecule has 0 aliphatic heterocycles. The molecule has 640 valence electrons. The number of hydrogen-bond acceptors (Lipinski definition) is 20. The van der Waals surface area contributed by atoms with E-state index in [2.05, 4.69) is 34.1 Å². The molecule has 0 bridgehead atoms. The SMILES string of the molecule is C.COc1cc(-c2cccc(F)c2)c(Cl)cc1-n1c(=O)ccc2cc(S(=O)(=O)Cc3ncccn3)ccc21.COc1cc(-c2cccc(F)c2)c(Cl)cc1-n1c(=O)ccc2cc(S(=O)(=O)Cc3ncccn3)ccc21.COc1cc(-c2cccc(F)c2)c(Cl)cc1-n1c(=O)ccc2cc(S(=O)(=O)Oc3c(F)c(F)c(F)c(F)c3F)ccc21.Nc1ncccn1.P. The van der Waals surface area contributed by atoms with Crippen LogP contribution in [0.1, 0.15) is 19.1 Å². The molecule has 23 nitrogen and oxygen atoms in total. The van der Waals surface area contributed by atoms with Crippen molar-refractivity contribution in [1.82, 2.24) is 43.6 Å². The lowest BCUT2D eigenvalue weighted by atomic mass is 10.0. The van der Waals surface area contributed by atoms with E-state index in [9.17, 15) is 74.8 Å². The predicted molar refractivity (Wildman–Crippen MR) is 464 cm³/mol. The van der Waals surface area contributed by atoms with Gasteiger partial charge in [0.25, 0.3) is 16.7 Å². The Hall–Kier alpha value is -13.3. The molecule has 6 aromatic heterocycles. The van der Waals surface area contributed by atoms with E-state index in [4.69, 9.17) is 54.7 Å². The predicted octanol–water partition coefficient (Wildman–Crippen LogP) is 18.1. The maximum absolute atomic E-state index is 14.1. The number of aromatic nitrogens is 9. The second-order valence-electron chi connectivity index (χ2n) is 26.1. The second kappa shape index (κ2) is 39.0. The largest absolute Gasteiger partial charge is 0.495 e. The number of nitrogens with two attached hydrogens (primary N) is 1. The van der Waals surface area contributed by atoms with Gasteiger partial charge in [-0.3, -0.25) is 28.1 Å². The summed E-state index contributed by atoms with van der Waals surface area (Å²) >= 11 is 19.6. The fourth-order valence-corrected chi connectivity index (χ4v) is 16.9. The van der Waals surface area contributed by atoms with Crippen LogP contribution in [0.4, 0.5) is 41.1 Å². The van der Waals surface area contributed by atoms with Crippen LogP contribution in [-0.2, 0) is 41.3 Å². The Labute approximate surface area is 724 Å². The molecule has 10 aromatic carbocycles. The summed E-state index contributed by atoms with van der Waals surface area (Å²) < 4.78 is 212. The molecular weight excluding hydrogens is 1780 g/mol. The third-order valence-electron chi connectivity index (χ3n) is 18.4. The van der Waals surface area contributed by atoms with Crippen molar-refractivity contribution in [3.63, 3.8) is 0 Å². The quantitative estimate of drug-likeness (QED) is 0.0274. The lowest BCUT2D eigenvalue weighted by Crippen LogP contribution is -2.19. The van der Waals surface area contributed by atoms with E-state index in [0.29, 0.717) is 84.0 Å². The Morgan fingerprint density at radius 1 is 0.360 bits per heavy atom. The van der Waals surface area contributed by atoms with E-state index in [-0.39, 0.29) is 98.8 Å². The van der Waals surface area contributed by atoms with Gasteiger partial charge in [0.15, 0.2) is 19.7 Å². The Morgan fingerprint density at radius 2 is 0.656 bits per heavy atom. The van der Waals surface area contributed by atoms with Crippen molar-refractivity contribution >= 4 is 113 Å². The number of nitrogens with zero attached hydrogens (tertiary/aromatic N) is 9. The molecule has 0 saturated carbocycles. The standard InChI is InChI=1S/C28H14ClF6NO5S.2C27H19ClFN3O4S.C4H5N3.CH4.H3P/c1-40-21-11-17(13-3-2-4-15(30)9-13)18(29)12-20(21)36-19-7-6-16(10-14(19)5-8-22(36)37)42(38,39)41-28-26(34)24(32)23(31)25(33)27(28)35;2*1-36-25-14-21(17-4-2-5-19(29)12-17)22(28)15-24(25)32-23-8-7-20(13-18(23)6-9-27(32)33)37(34,35)16-26-30-10-3-11-31-26;5-4-6-2-1-3-7-4;;/h2-12H,1H3;2*2-15H,16H2,1H3;1-3H,(H2,5,6,7);1H4;1H3. The first-order chi connectivity index (χ1) is 58.8. The van der Waals surface area contributed by atoms with E-state index in [1.807, 2.05) is 0 Å². The maximum atomic E-state index is 14.1. The first kappa shape index (κ1) is 92.4.